The van der Waals surface area contributed by atoms with Gasteiger partial charge in [-0.3, -0.25) is 0 Å². The molecule has 8 atom stereocenters. The average molecular weight is 857 g/mol. The first-order chi connectivity index (χ1) is 25.0. The summed E-state index contributed by atoms with van der Waals surface area (Å²) in [5.41, 5.74) is 12.8. The van der Waals surface area contributed by atoms with Gasteiger partial charge < -0.3 is 23.7 Å². The van der Waals surface area contributed by atoms with Crippen LogP contribution in [0.3, 0.4) is 0 Å². The molecule has 8 unspecified atom stereocenters. The molecule has 6 heteroatoms. The van der Waals surface area contributed by atoms with Gasteiger partial charge in [-0.2, -0.15) is 0 Å². The molecule has 0 amide bonds. The van der Waals surface area contributed by atoms with Crippen molar-refractivity contribution in [2.75, 3.05) is 0 Å². The van der Waals surface area contributed by atoms with E-state index in [1.165, 1.54) is 44.9 Å². The zero-order valence-electron chi connectivity index (χ0n) is 33.8. The molecule has 0 N–H and O–H groups in total. The maximum atomic E-state index is 6.63. The molecule has 0 saturated heterocycles. The molecular formula is C48H58Cl2O2SiZr. The molecule has 2 aromatic carbocycles. The molecule has 2 fully saturated rings. The van der Waals surface area contributed by atoms with Crippen molar-refractivity contribution < 1.29 is 29.7 Å². The van der Waals surface area contributed by atoms with Crippen molar-refractivity contribution in [2.45, 2.75) is 90.4 Å². The van der Waals surface area contributed by atoms with Crippen molar-refractivity contribution in [3.63, 3.8) is 0 Å². The van der Waals surface area contributed by atoms with E-state index in [2.05, 4.69) is 152 Å². The molecule has 0 spiro atoms. The van der Waals surface area contributed by atoms with E-state index in [4.69, 9.17) is 25.9 Å². The van der Waals surface area contributed by atoms with Gasteiger partial charge in [0.1, 0.15) is 23.0 Å². The van der Waals surface area contributed by atoms with Crippen LogP contribution in [-0.4, -0.2) is 8.07 Å². The van der Waals surface area contributed by atoms with Crippen molar-refractivity contribution in [3.05, 3.63) is 168 Å². The summed E-state index contributed by atoms with van der Waals surface area (Å²) in [6.07, 6.45) is 7.67. The number of halogens is 2. The fourth-order valence-electron chi connectivity index (χ4n) is 11.3. The van der Waals surface area contributed by atoms with Crippen LogP contribution in [0.4, 0.5) is 0 Å². The fourth-order valence-corrected chi connectivity index (χ4v) is 17.1. The minimum absolute atomic E-state index is 0. The molecule has 4 aliphatic rings. The quantitative estimate of drug-likeness (QED) is 0.143. The van der Waals surface area contributed by atoms with Crippen LogP contribution in [-0.2, 0) is 20.8 Å². The molecule has 2 saturated carbocycles. The topological polar surface area (TPSA) is 26.3 Å². The van der Waals surface area contributed by atoms with E-state index in [-0.39, 0.29) is 14.9 Å². The fraction of sp³-hybridized carbons (Fsp3) is 0.375. The van der Waals surface area contributed by atoms with Gasteiger partial charge in [0.25, 0.3) is 0 Å². The van der Waals surface area contributed by atoms with E-state index in [1.807, 2.05) is 0 Å². The number of hydrogen-bond donors (Lipinski definition) is 0. The normalized spacial score (nSPS) is 27.4. The van der Waals surface area contributed by atoms with Gasteiger partial charge in [-0.25, -0.2) is 0 Å². The molecule has 4 aliphatic carbocycles. The Balaban J connectivity index is 0.00000109. The molecular weight excluding hydrogens is 799 g/mol. The molecule has 2 aromatic heterocycles. The summed E-state index contributed by atoms with van der Waals surface area (Å²) in [6.45, 7) is 19.2. The number of aryl methyl sites for hydroxylation is 2. The number of fused-ring (bicyclic) bond motifs is 2. The second-order valence-electron chi connectivity index (χ2n) is 16.4. The third kappa shape index (κ3) is 7.68. The van der Waals surface area contributed by atoms with Crippen LogP contribution >= 0.6 is 17.0 Å². The predicted octanol–water partition coefficient (Wildman–Crippen LogP) is 15.2. The molecule has 4 aromatic rings. The molecule has 0 aliphatic heterocycles. The average Bonchev–Trinajstić information content (AvgIpc) is 3.92. The Morgan fingerprint density at radius 1 is 0.537 bits per heavy atom. The summed E-state index contributed by atoms with van der Waals surface area (Å²) in [5.74, 6) is 7.13. The van der Waals surface area contributed by atoms with E-state index in [1.54, 1.807) is 11.1 Å². The van der Waals surface area contributed by atoms with Crippen molar-refractivity contribution in [3.8, 4) is 0 Å². The third-order valence-electron chi connectivity index (χ3n) is 13.4. The first-order valence-corrected chi connectivity index (χ1v) is 28.4. The molecule has 0 bridgehead atoms. The van der Waals surface area contributed by atoms with E-state index in [0.717, 1.165) is 24.4 Å². The second kappa shape index (κ2) is 17.4. The SMILES string of the molecule is CC1=CC2C(CC(c3ccc(C)o3)C2[Si](C)(C)C2C(c3ccc(C)o3)CC3C(c4ccccc4)=C(C)C(C)=CC32)C(c2ccccc2)=C1C.[CH3-].[CH3-].[Cl][Zr+2][Cl]. The predicted molar refractivity (Wildman–Crippen MR) is 231 cm³/mol. The standard InChI is InChI=1S/C46H52O2Si.2CH3.2ClH.Zr/c1-27-23-37-35(43(31(27)5)33-15-11-9-12-16-33)25-39(41-21-19-29(3)47-41)45(37)49(7,8)46-38-24-28(2)32(6)44(34-17-13-10-14-18-34)36(38)26-40(46)42-22-20-30(4)48-42;;;;;/h9-24,35-40,45-46H,25-26H2,1-8H3;2*1H3;2*1H;/q;2*-1;;;+4/p-2. The summed E-state index contributed by atoms with van der Waals surface area (Å²) in [7, 11) is 7.72. The summed E-state index contributed by atoms with van der Waals surface area (Å²) in [6, 6.07) is 31.5. The van der Waals surface area contributed by atoms with Gasteiger partial charge in [-0.15, -0.1) is 0 Å². The van der Waals surface area contributed by atoms with E-state index in [9.17, 15) is 0 Å². The Morgan fingerprint density at radius 2 is 0.889 bits per heavy atom. The van der Waals surface area contributed by atoms with Crippen LogP contribution in [0.2, 0.25) is 24.2 Å². The van der Waals surface area contributed by atoms with Crippen molar-refractivity contribution in [1.29, 1.82) is 0 Å². The molecule has 8 rings (SSSR count). The minimum atomic E-state index is -2.15. The molecule has 2 heterocycles. The summed E-state index contributed by atoms with van der Waals surface area (Å²) in [5, 5.41) is 0. The number of hydrogen-bond acceptors (Lipinski definition) is 2. The third-order valence-corrected chi connectivity index (χ3v) is 18.4. The number of rotatable bonds is 6. The molecule has 2 nitrogen and oxygen atoms in total. The Kier molecular flexibility index (Phi) is 13.8. The van der Waals surface area contributed by atoms with Gasteiger partial charge in [-0.05, 0) is 147 Å². The van der Waals surface area contributed by atoms with Crippen molar-refractivity contribution >= 4 is 36.2 Å². The van der Waals surface area contributed by atoms with Gasteiger partial charge in [0.15, 0.2) is 0 Å². The summed E-state index contributed by atoms with van der Waals surface area (Å²) in [4.78, 5) is 0. The first-order valence-electron chi connectivity index (χ1n) is 18.9. The van der Waals surface area contributed by atoms with Gasteiger partial charge in [-0.1, -0.05) is 97.1 Å². The molecule has 0 radical (unpaired) electrons. The van der Waals surface area contributed by atoms with Gasteiger partial charge >= 0.3 is 37.9 Å². The van der Waals surface area contributed by atoms with Crippen LogP contribution in [0, 0.1) is 52.4 Å². The van der Waals surface area contributed by atoms with Gasteiger partial charge in [0, 0.05) is 11.8 Å². The van der Waals surface area contributed by atoms with Crippen LogP contribution in [0.5, 0.6) is 0 Å². The zero-order chi connectivity index (χ0) is 36.9. The van der Waals surface area contributed by atoms with Crippen molar-refractivity contribution in [1.82, 2.24) is 0 Å². The molecule has 284 valence electrons. The van der Waals surface area contributed by atoms with Crippen LogP contribution in [0.1, 0.15) is 86.5 Å². The summed E-state index contributed by atoms with van der Waals surface area (Å²) < 4.78 is 13.3. The summed E-state index contributed by atoms with van der Waals surface area (Å²) >= 11 is -0.826. The Morgan fingerprint density at radius 3 is 1.20 bits per heavy atom. The second-order valence-corrected chi connectivity index (χ2v) is 25.1. The van der Waals surface area contributed by atoms with Crippen LogP contribution < -0.4 is 0 Å². The number of furan rings is 2. The van der Waals surface area contributed by atoms with E-state index < -0.39 is 28.9 Å². The van der Waals surface area contributed by atoms with E-state index in [0.29, 0.717) is 46.6 Å². The Hall–Kier alpha value is -2.36. The maximum absolute atomic E-state index is 6.63. The van der Waals surface area contributed by atoms with Gasteiger partial charge in [0.2, 0.25) is 0 Å². The monoisotopic (exact) mass is 854 g/mol. The number of allylic oxidation sites excluding steroid dienone is 8. The first kappa shape index (κ1) is 42.8. The van der Waals surface area contributed by atoms with Crippen LogP contribution in [0.25, 0.3) is 11.1 Å². The molecule has 54 heavy (non-hydrogen) atoms. The van der Waals surface area contributed by atoms with Crippen molar-refractivity contribution in [2.24, 2.45) is 23.7 Å². The van der Waals surface area contributed by atoms with Crippen LogP contribution in [0.15, 0.2) is 128 Å². The van der Waals surface area contributed by atoms with Gasteiger partial charge in [0.05, 0.1) is 8.07 Å². The Bertz CT molecular complexity index is 1890. The van der Waals surface area contributed by atoms with E-state index >= 15 is 0 Å². The Labute approximate surface area is 345 Å². The zero-order valence-corrected chi connectivity index (χ0v) is 38.8. The number of benzene rings is 2.